The summed E-state index contributed by atoms with van der Waals surface area (Å²) in [5.41, 5.74) is 3.46. The first-order valence-electron chi connectivity index (χ1n) is 8.48. The lowest BCUT2D eigenvalue weighted by atomic mass is 10.0. The number of carbonyl (C=O) groups excluding carboxylic acids is 1. The van der Waals surface area contributed by atoms with Crippen LogP contribution in [0.4, 0.5) is 0 Å². The summed E-state index contributed by atoms with van der Waals surface area (Å²) >= 11 is 0. The molecule has 0 spiro atoms. The van der Waals surface area contributed by atoms with Gasteiger partial charge < -0.3 is 10.2 Å². The number of hydrogen-bond donors (Lipinski definition) is 1. The van der Waals surface area contributed by atoms with Gasteiger partial charge in [-0.2, -0.15) is 0 Å². The molecule has 1 N–H and O–H groups in total. The number of carbonyl (C=O) groups is 1. The predicted octanol–water partition coefficient (Wildman–Crippen LogP) is 2.66. The highest BCUT2D eigenvalue weighted by Gasteiger charge is 2.46. The van der Waals surface area contributed by atoms with Gasteiger partial charge in [-0.15, -0.1) is 0 Å². The van der Waals surface area contributed by atoms with Gasteiger partial charge >= 0.3 is 0 Å². The van der Waals surface area contributed by atoms with Crippen molar-refractivity contribution in [2.45, 2.75) is 31.3 Å². The van der Waals surface area contributed by atoms with Crippen LogP contribution < -0.4 is 5.32 Å². The Morgan fingerprint density at radius 1 is 1.00 bits per heavy atom. The first kappa shape index (κ1) is 14.5. The molecule has 2 aliphatic rings. The van der Waals surface area contributed by atoms with Crippen LogP contribution in [0.2, 0.25) is 0 Å². The Kier molecular flexibility index (Phi) is 3.88. The molecule has 0 radical (unpaired) electrons. The number of piperazine rings is 1. The topological polar surface area (TPSA) is 32.3 Å². The highest BCUT2D eigenvalue weighted by Crippen LogP contribution is 2.31. The van der Waals surface area contributed by atoms with Gasteiger partial charge in [0.05, 0.1) is 0 Å². The molecule has 4 rings (SSSR count). The van der Waals surface area contributed by atoms with Crippen LogP contribution in [0.5, 0.6) is 0 Å². The van der Waals surface area contributed by atoms with Crippen molar-refractivity contribution >= 4 is 5.91 Å². The third-order valence-corrected chi connectivity index (χ3v) is 4.92. The van der Waals surface area contributed by atoms with Gasteiger partial charge in [-0.3, -0.25) is 4.79 Å². The molecule has 2 atom stereocenters. The van der Waals surface area contributed by atoms with Crippen molar-refractivity contribution in [3.8, 4) is 0 Å². The molecule has 2 unspecified atom stereocenters. The third kappa shape index (κ3) is 3.15. The average Bonchev–Trinajstić information content (AvgIpc) is 3.40. The van der Waals surface area contributed by atoms with Crippen molar-refractivity contribution in [3.05, 3.63) is 71.3 Å². The fraction of sp³-hybridized carbons (Fsp3) is 0.350. The van der Waals surface area contributed by atoms with E-state index in [0.717, 1.165) is 37.9 Å². The molecule has 1 saturated carbocycles. The number of hydrogen-bond acceptors (Lipinski definition) is 2. The van der Waals surface area contributed by atoms with Crippen molar-refractivity contribution in [1.82, 2.24) is 10.2 Å². The van der Waals surface area contributed by atoms with Gasteiger partial charge in [0.25, 0.3) is 5.91 Å². The van der Waals surface area contributed by atoms with E-state index in [-0.39, 0.29) is 5.91 Å². The van der Waals surface area contributed by atoms with E-state index in [2.05, 4.69) is 41.7 Å². The van der Waals surface area contributed by atoms with E-state index in [1.54, 1.807) is 0 Å². The van der Waals surface area contributed by atoms with Crippen LogP contribution in [-0.4, -0.2) is 36.0 Å². The fourth-order valence-corrected chi connectivity index (χ4v) is 3.45. The molecule has 0 aromatic heterocycles. The summed E-state index contributed by atoms with van der Waals surface area (Å²) in [6, 6.07) is 19.7. The number of fused-ring (bicyclic) bond motifs is 1. The highest BCUT2D eigenvalue weighted by molar-refractivity contribution is 5.94. The van der Waals surface area contributed by atoms with Gasteiger partial charge in [-0.1, -0.05) is 42.5 Å². The summed E-state index contributed by atoms with van der Waals surface area (Å²) in [6.07, 6.45) is 3.16. The van der Waals surface area contributed by atoms with Crippen LogP contribution >= 0.6 is 0 Å². The Bertz CT molecular complexity index is 681. The second-order valence-electron chi connectivity index (χ2n) is 6.54. The highest BCUT2D eigenvalue weighted by atomic mass is 16.2. The molecule has 2 aromatic rings. The largest absolute Gasteiger partial charge is 0.333 e. The molecular weight excluding hydrogens is 284 g/mol. The molecular formula is C20H22N2O. The minimum absolute atomic E-state index is 0.189. The number of benzene rings is 2. The van der Waals surface area contributed by atoms with Gasteiger partial charge in [0.2, 0.25) is 0 Å². The molecule has 1 heterocycles. The van der Waals surface area contributed by atoms with Crippen molar-refractivity contribution in [2.75, 3.05) is 13.1 Å². The minimum atomic E-state index is 0.189. The number of rotatable bonds is 4. The van der Waals surface area contributed by atoms with Gasteiger partial charge in [-0.05, 0) is 42.5 Å². The number of nitrogens with zero attached hydrogens (tertiary/aromatic N) is 1. The molecule has 0 bridgehead atoms. The van der Waals surface area contributed by atoms with E-state index < -0.39 is 0 Å². The predicted molar refractivity (Wildman–Crippen MR) is 91.5 cm³/mol. The van der Waals surface area contributed by atoms with Crippen LogP contribution in [0.3, 0.4) is 0 Å². The van der Waals surface area contributed by atoms with Crippen molar-refractivity contribution in [3.63, 3.8) is 0 Å². The smallest absolute Gasteiger partial charge is 0.254 e. The Morgan fingerprint density at radius 3 is 2.43 bits per heavy atom. The maximum Gasteiger partial charge on any atom is 0.254 e. The Labute approximate surface area is 137 Å². The molecule has 118 valence electrons. The zero-order valence-electron chi connectivity index (χ0n) is 13.2. The summed E-state index contributed by atoms with van der Waals surface area (Å²) in [4.78, 5) is 14.7. The van der Waals surface area contributed by atoms with Crippen molar-refractivity contribution in [1.29, 1.82) is 0 Å². The number of aryl methyl sites for hydroxylation is 2. The van der Waals surface area contributed by atoms with Crippen LogP contribution in [-0.2, 0) is 12.8 Å². The molecule has 2 fully saturated rings. The number of amides is 1. The summed E-state index contributed by atoms with van der Waals surface area (Å²) in [7, 11) is 0. The van der Waals surface area contributed by atoms with E-state index in [0.29, 0.717) is 12.1 Å². The van der Waals surface area contributed by atoms with Crippen LogP contribution in [0, 0.1) is 0 Å². The van der Waals surface area contributed by atoms with Gasteiger partial charge in [0.15, 0.2) is 0 Å². The zero-order chi connectivity index (χ0) is 15.6. The van der Waals surface area contributed by atoms with E-state index in [4.69, 9.17) is 0 Å². The van der Waals surface area contributed by atoms with Crippen molar-refractivity contribution < 1.29 is 4.79 Å². The van der Waals surface area contributed by atoms with Crippen molar-refractivity contribution in [2.24, 2.45) is 0 Å². The lowest BCUT2D eigenvalue weighted by Gasteiger charge is -2.27. The average molecular weight is 306 g/mol. The van der Waals surface area contributed by atoms with Gasteiger partial charge in [-0.25, -0.2) is 0 Å². The summed E-state index contributed by atoms with van der Waals surface area (Å²) in [5.74, 6) is 0.189. The molecule has 3 nitrogen and oxygen atoms in total. The monoisotopic (exact) mass is 306 g/mol. The van der Waals surface area contributed by atoms with E-state index in [1.807, 2.05) is 23.1 Å². The molecule has 1 amide bonds. The molecule has 2 aromatic carbocycles. The first-order valence-corrected chi connectivity index (χ1v) is 8.48. The van der Waals surface area contributed by atoms with E-state index in [9.17, 15) is 4.79 Å². The SMILES string of the molecule is O=C(c1ccc(CCc2ccccc2)cc1)N1CCNC2CC21. The molecule has 1 aliphatic heterocycles. The summed E-state index contributed by atoms with van der Waals surface area (Å²) in [5, 5.41) is 3.44. The first-order chi connectivity index (χ1) is 11.3. The summed E-state index contributed by atoms with van der Waals surface area (Å²) in [6.45, 7) is 1.75. The van der Waals surface area contributed by atoms with Crippen LogP contribution in [0.15, 0.2) is 54.6 Å². The lowest BCUT2D eigenvalue weighted by Crippen LogP contribution is -2.46. The minimum Gasteiger partial charge on any atom is -0.333 e. The molecule has 1 saturated heterocycles. The lowest BCUT2D eigenvalue weighted by molar-refractivity contribution is 0.0719. The summed E-state index contributed by atoms with van der Waals surface area (Å²) < 4.78 is 0. The maximum atomic E-state index is 12.6. The standard InChI is InChI=1S/C20H22N2O/c23-20(22-13-12-21-18-14-19(18)22)17-10-8-16(9-11-17)7-6-15-4-2-1-3-5-15/h1-5,8-11,18-19,21H,6-7,12-14H2. The molecule has 3 heteroatoms. The quantitative estimate of drug-likeness (QED) is 0.942. The van der Waals surface area contributed by atoms with Crippen LogP contribution in [0.25, 0.3) is 0 Å². The third-order valence-electron chi connectivity index (χ3n) is 4.92. The number of nitrogens with one attached hydrogen (secondary N) is 1. The van der Waals surface area contributed by atoms with E-state index >= 15 is 0 Å². The molecule has 1 aliphatic carbocycles. The zero-order valence-corrected chi connectivity index (χ0v) is 13.2. The van der Waals surface area contributed by atoms with Crippen LogP contribution in [0.1, 0.15) is 27.9 Å². The maximum absolute atomic E-state index is 12.6. The van der Waals surface area contributed by atoms with E-state index in [1.165, 1.54) is 11.1 Å². The Morgan fingerprint density at radius 2 is 1.70 bits per heavy atom. The van der Waals surface area contributed by atoms with Gasteiger partial charge in [0.1, 0.15) is 0 Å². The van der Waals surface area contributed by atoms with Gasteiger partial charge in [0, 0.05) is 30.7 Å². The normalized spacial score (nSPS) is 22.5. The fourth-order valence-electron chi connectivity index (χ4n) is 3.45. The Hall–Kier alpha value is -2.13. The molecule has 23 heavy (non-hydrogen) atoms. The Balaban J connectivity index is 1.38. The second kappa shape index (κ2) is 6.17. The second-order valence-corrected chi connectivity index (χ2v) is 6.54.